The zero-order chi connectivity index (χ0) is 17.6. The van der Waals surface area contributed by atoms with Gasteiger partial charge in [-0.1, -0.05) is 27.7 Å². The third-order valence-corrected chi connectivity index (χ3v) is 3.21. The van der Waals surface area contributed by atoms with Crippen LogP contribution >= 0.6 is 0 Å². The number of carbonyl (C=O) groups excluding carboxylic acids is 1. The predicted molar refractivity (Wildman–Crippen MR) is 86.4 cm³/mol. The van der Waals surface area contributed by atoms with Gasteiger partial charge in [0, 0.05) is 17.6 Å². The normalized spacial score (nSPS) is 12.6. The third-order valence-electron chi connectivity index (χ3n) is 3.21. The molecule has 4 nitrogen and oxygen atoms in total. The Hall–Kier alpha value is -2.17. The Labute approximate surface area is 136 Å². The van der Waals surface area contributed by atoms with E-state index in [2.05, 4.69) is 0 Å². The average molecular weight is 322 g/mol. The first-order chi connectivity index (χ1) is 10.6. The van der Waals surface area contributed by atoms with Gasteiger partial charge in [-0.2, -0.15) is 4.39 Å². The van der Waals surface area contributed by atoms with Gasteiger partial charge < -0.3 is 9.84 Å². The van der Waals surface area contributed by atoms with Crippen LogP contribution in [0, 0.1) is 5.41 Å². The Morgan fingerprint density at radius 3 is 2.17 bits per heavy atom. The van der Waals surface area contributed by atoms with Crippen LogP contribution in [0.1, 0.15) is 50.9 Å². The van der Waals surface area contributed by atoms with E-state index >= 15 is 0 Å². The minimum atomic E-state index is -1.59. The van der Waals surface area contributed by atoms with Gasteiger partial charge in [-0.3, -0.25) is 4.79 Å². The van der Waals surface area contributed by atoms with E-state index in [4.69, 9.17) is 9.84 Å². The summed E-state index contributed by atoms with van der Waals surface area (Å²) >= 11 is 0. The van der Waals surface area contributed by atoms with Crippen molar-refractivity contribution in [2.24, 2.45) is 5.41 Å². The molecule has 0 saturated carbocycles. The average Bonchev–Trinajstić information content (AvgIpc) is 2.46. The van der Waals surface area contributed by atoms with E-state index in [1.54, 1.807) is 31.2 Å². The number of aliphatic carboxylic acids is 1. The van der Waals surface area contributed by atoms with Gasteiger partial charge >= 0.3 is 5.97 Å². The molecule has 1 rings (SSSR count). The molecule has 23 heavy (non-hydrogen) atoms. The van der Waals surface area contributed by atoms with Crippen LogP contribution in [0.5, 0.6) is 5.75 Å². The lowest BCUT2D eigenvalue weighted by molar-refractivity contribution is -0.134. The Kier molecular flexibility index (Phi) is 6.49. The number of rotatable bonds is 7. The molecule has 0 unspecified atom stereocenters. The number of Topliss-reactive ketones (excluding diaryl/α,β-unsaturated/α-hetero) is 1. The summed E-state index contributed by atoms with van der Waals surface area (Å²) < 4.78 is 18.8. The fourth-order valence-corrected chi connectivity index (χ4v) is 1.96. The zero-order valence-electron chi connectivity index (χ0n) is 14.0. The summed E-state index contributed by atoms with van der Waals surface area (Å²) in [4.78, 5) is 22.7. The predicted octanol–water partition coefficient (Wildman–Crippen LogP) is 4.40. The Morgan fingerprint density at radius 2 is 1.74 bits per heavy atom. The summed E-state index contributed by atoms with van der Waals surface area (Å²) in [6.07, 6.45) is 0.694. The minimum absolute atomic E-state index is 0.0510. The maximum absolute atomic E-state index is 13.4. The maximum atomic E-state index is 13.4. The summed E-state index contributed by atoms with van der Waals surface area (Å²) in [7, 11) is 0. The van der Waals surface area contributed by atoms with Crippen molar-refractivity contribution in [1.82, 2.24) is 0 Å². The van der Waals surface area contributed by atoms with Crippen LogP contribution in [0.25, 0.3) is 0 Å². The Morgan fingerprint density at radius 1 is 1.17 bits per heavy atom. The van der Waals surface area contributed by atoms with Crippen LogP contribution in [-0.4, -0.2) is 23.5 Å². The lowest BCUT2D eigenvalue weighted by Gasteiger charge is -2.16. The summed E-state index contributed by atoms with van der Waals surface area (Å²) in [6.45, 7) is 7.52. The number of halogens is 1. The van der Waals surface area contributed by atoms with Crippen LogP contribution in [0.15, 0.2) is 35.7 Å². The summed E-state index contributed by atoms with van der Waals surface area (Å²) in [5.74, 6) is -2.25. The van der Waals surface area contributed by atoms with Crippen LogP contribution in [0.3, 0.4) is 0 Å². The van der Waals surface area contributed by atoms with E-state index in [1.807, 2.05) is 20.8 Å². The highest BCUT2D eigenvalue weighted by Gasteiger charge is 2.17. The smallest absolute Gasteiger partial charge is 0.364 e. The van der Waals surface area contributed by atoms with Crippen LogP contribution < -0.4 is 4.74 Å². The Bertz CT molecular complexity index is 594. The minimum Gasteiger partial charge on any atom is -0.489 e. The molecule has 0 aliphatic rings. The second-order valence-corrected chi connectivity index (χ2v) is 6.55. The molecular weight excluding hydrogens is 299 g/mol. The molecule has 0 aliphatic heterocycles. The van der Waals surface area contributed by atoms with Crippen molar-refractivity contribution in [2.45, 2.75) is 40.5 Å². The number of benzene rings is 1. The van der Waals surface area contributed by atoms with Crippen molar-refractivity contribution < 1.29 is 23.8 Å². The topological polar surface area (TPSA) is 63.6 Å². The highest BCUT2D eigenvalue weighted by Crippen LogP contribution is 2.23. The van der Waals surface area contributed by atoms with Crippen molar-refractivity contribution in [3.63, 3.8) is 0 Å². The van der Waals surface area contributed by atoms with E-state index < -0.39 is 11.8 Å². The van der Waals surface area contributed by atoms with Gasteiger partial charge in [-0.25, -0.2) is 4.79 Å². The van der Waals surface area contributed by atoms with Crippen LogP contribution in [0.4, 0.5) is 4.39 Å². The molecule has 0 heterocycles. The molecule has 0 spiro atoms. The third kappa shape index (κ3) is 6.22. The second-order valence-electron chi connectivity index (χ2n) is 6.55. The molecule has 0 saturated heterocycles. The highest BCUT2D eigenvalue weighted by molar-refractivity contribution is 5.96. The zero-order valence-corrected chi connectivity index (χ0v) is 14.0. The first-order valence-corrected chi connectivity index (χ1v) is 7.51. The molecule has 5 heteroatoms. The lowest BCUT2D eigenvalue weighted by Crippen LogP contribution is -2.13. The van der Waals surface area contributed by atoms with Crippen molar-refractivity contribution in [3.05, 3.63) is 41.2 Å². The summed E-state index contributed by atoms with van der Waals surface area (Å²) in [5.41, 5.74) is 0.599. The molecule has 0 radical (unpaired) electrons. The van der Waals surface area contributed by atoms with Gasteiger partial charge in [0.15, 0.2) is 5.78 Å². The van der Waals surface area contributed by atoms with E-state index in [9.17, 15) is 14.0 Å². The molecule has 1 aromatic rings. The largest absolute Gasteiger partial charge is 0.489 e. The number of ether oxygens (including phenoxy) is 1. The monoisotopic (exact) mass is 322 g/mol. The van der Waals surface area contributed by atoms with Crippen molar-refractivity contribution in [1.29, 1.82) is 0 Å². The van der Waals surface area contributed by atoms with Crippen molar-refractivity contribution >= 4 is 11.8 Å². The maximum Gasteiger partial charge on any atom is 0.364 e. The molecule has 0 aliphatic carbocycles. The number of hydrogen-bond acceptors (Lipinski definition) is 3. The highest BCUT2D eigenvalue weighted by atomic mass is 19.1. The standard InChI is InChI=1S/C18H23FO4/c1-5-12(16(19)17(21)22)11-23-14-8-6-13(7-9-14)15(20)10-18(2,3)4/h6-9H,5,10-11H2,1-4H3,(H,21,22)/b16-12+. The lowest BCUT2D eigenvalue weighted by atomic mass is 9.88. The fraction of sp³-hybridized carbons (Fsp3) is 0.444. The molecule has 0 atom stereocenters. The van der Waals surface area contributed by atoms with E-state index in [0.717, 1.165) is 0 Å². The number of ketones is 1. The van der Waals surface area contributed by atoms with Gasteiger partial charge in [0.2, 0.25) is 5.83 Å². The van der Waals surface area contributed by atoms with Crippen LogP contribution in [-0.2, 0) is 4.79 Å². The van der Waals surface area contributed by atoms with Crippen molar-refractivity contribution in [3.8, 4) is 5.75 Å². The quantitative estimate of drug-likeness (QED) is 0.597. The molecule has 1 N–H and O–H groups in total. The number of carboxylic acid groups (broad SMARTS) is 1. The molecule has 0 amide bonds. The van der Waals surface area contributed by atoms with E-state index in [1.165, 1.54) is 0 Å². The SMILES string of the molecule is CC/C(COc1ccc(C(=O)CC(C)(C)C)cc1)=C(\F)C(=O)O. The number of carboxylic acids is 1. The van der Waals surface area contributed by atoms with Gasteiger partial charge in [0.25, 0.3) is 0 Å². The van der Waals surface area contributed by atoms with Gasteiger partial charge in [0.05, 0.1) is 0 Å². The number of carbonyl (C=O) groups is 2. The first-order valence-electron chi connectivity index (χ1n) is 7.51. The van der Waals surface area contributed by atoms with E-state index in [-0.39, 0.29) is 29.8 Å². The van der Waals surface area contributed by atoms with Gasteiger partial charge in [-0.15, -0.1) is 0 Å². The van der Waals surface area contributed by atoms with Crippen LogP contribution in [0.2, 0.25) is 0 Å². The summed E-state index contributed by atoms with van der Waals surface area (Å²) in [5, 5.41) is 8.65. The molecule has 0 aromatic heterocycles. The second kappa shape index (κ2) is 7.90. The Balaban J connectivity index is 2.73. The molecule has 126 valence electrons. The first kappa shape index (κ1) is 18.9. The molecule has 0 bridgehead atoms. The molecule has 1 aromatic carbocycles. The van der Waals surface area contributed by atoms with Gasteiger partial charge in [-0.05, 0) is 36.1 Å². The number of hydrogen-bond donors (Lipinski definition) is 1. The van der Waals surface area contributed by atoms with Gasteiger partial charge in [0.1, 0.15) is 12.4 Å². The molecule has 0 fully saturated rings. The molecular formula is C18H23FO4. The van der Waals surface area contributed by atoms with Crippen molar-refractivity contribution in [2.75, 3.05) is 6.61 Å². The van der Waals surface area contributed by atoms with E-state index in [0.29, 0.717) is 17.7 Å². The fourth-order valence-electron chi connectivity index (χ4n) is 1.96. The summed E-state index contributed by atoms with van der Waals surface area (Å²) in [6, 6.07) is 6.57.